The van der Waals surface area contributed by atoms with Gasteiger partial charge in [0.15, 0.2) is 0 Å². The van der Waals surface area contributed by atoms with Crippen LogP contribution in [0.1, 0.15) is 181 Å². The lowest BCUT2D eigenvalue weighted by molar-refractivity contribution is -0.124. The van der Waals surface area contributed by atoms with Crippen molar-refractivity contribution >= 4 is 5.91 Å². The molecule has 0 rings (SSSR count). The molecule has 0 aromatic carbocycles. The Labute approximate surface area is 249 Å². The number of hydrogen-bond acceptors (Lipinski definition) is 4. The minimum absolute atomic E-state index is 0.0177. The molecule has 0 bridgehead atoms. The fourth-order valence-corrected chi connectivity index (χ4v) is 5.34. The first kappa shape index (κ1) is 39.1. The highest BCUT2D eigenvalue weighted by Crippen LogP contribution is 2.15. The van der Waals surface area contributed by atoms with Crippen molar-refractivity contribution in [1.82, 2.24) is 5.32 Å². The number of rotatable bonds is 31. The summed E-state index contributed by atoms with van der Waals surface area (Å²) >= 11 is 0. The first-order valence-corrected chi connectivity index (χ1v) is 17.5. The monoisotopic (exact) mass is 568 g/mol. The first-order valence-electron chi connectivity index (χ1n) is 17.5. The number of nitrogens with one attached hydrogen (secondary N) is 1. The van der Waals surface area contributed by atoms with Gasteiger partial charge in [-0.25, -0.2) is 0 Å². The Bertz CT molecular complexity index is 554. The van der Waals surface area contributed by atoms with Crippen LogP contribution in [-0.4, -0.2) is 46.1 Å². The molecule has 40 heavy (non-hydrogen) atoms. The van der Waals surface area contributed by atoms with Crippen LogP contribution in [0.5, 0.6) is 0 Å². The van der Waals surface area contributed by atoms with E-state index in [2.05, 4.69) is 19.2 Å². The largest absolute Gasteiger partial charge is 0.394 e. The first-order chi connectivity index (χ1) is 19.5. The van der Waals surface area contributed by atoms with Gasteiger partial charge in [-0.05, 0) is 19.3 Å². The molecule has 5 heteroatoms. The third-order valence-electron chi connectivity index (χ3n) is 8.07. The Balaban J connectivity index is 3.71. The molecule has 0 aliphatic rings. The highest BCUT2D eigenvalue weighted by molar-refractivity contribution is 5.76. The van der Waals surface area contributed by atoms with E-state index >= 15 is 0 Å². The number of amides is 1. The van der Waals surface area contributed by atoms with Gasteiger partial charge in [0.05, 0.1) is 31.3 Å². The fourth-order valence-electron chi connectivity index (χ4n) is 5.34. The summed E-state index contributed by atoms with van der Waals surface area (Å²) in [7, 11) is 0. The minimum atomic E-state index is -0.921. The summed E-state index contributed by atoms with van der Waals surface area (Å²) in [5.41, 5.74) is 0. The summed E-state index contributed by atoms with van der Waals surface area (Å²) < 4.78 is 0. The predicted molar refractivity (Wildman–Crippen MR) is 172 cm³/mol. The zero-order valence-corrected chi connectivity index (χ0v) is 26.7. The second kappa shape index (κ2) is 31.0. The standard InChI is InChI=1S/C35H69NO4/c1-3-5-7-9-11-13-15-16-17-18-19-20-22-24-26-28-32(38)30-35(40)36-33(31-37)34(39)29-27-25-23-21-14-12-10-8-6-4-2/h27,29,32-34,37-39H,3-26,28,30-31H2,1-2H3,(H,36,40)/b29-27+. The van der Waals surface area contributed by atoms with Crippen LogP contribution in [0.25, 0.3) is 0 Å². The minimum Gasteiger partial charge on any atom is -0.394 e. The van der Waals surface area contributed by atoms with E-state index in [0.717, 1.165) is 25.7 Å². The molecule has 1 amide bonds. The number of carbonyl (C=O) groups excluding carboxylic acids is 1. The summed E-state index contributed by atoms with van der Waals surface area (Å²) in [6, 6.07) is -0.736. The van der Waals surface area contributed by atoms with Gasteiger partial charge in [0.1, 0.15) is 0 Å². The Morgan fingerprint density at radius 1 is 0.625 bits per heavy atom. The average molecular weight is 568 g/mol. The summed E-state index contributed by atoms with van der Waals surface area (Å²) in [6.45, 7) is 4.18. The van der Waals surface area contributed by atoms with E-state index in [4.69, 9.17) is 0 Å². The maximum Gasteiger partial charge on any atom is 0.222 e. The van der Waals surface area contributed by atoms with Crippen LogP contribution in [0.4, 0.5) is 0 Å². The number of aliphatic hydroxyl groups excluding tert-OH is 3. The van der Waals surface area contributed by atoms with E-state index in [0.29, 0.717) is 6.42 Å². The molecule has 0 saturated carbocycles. The summed E-state index contributed by atoms with van der Waals surface area (Å²) in [4.78, 5) is 12.3. The van der Waals surface area contributed by atoms with Gasteiger partial charge in [-0.2, -0.15) is 0 Å². The van der Waals surface area contributed by atoms with Gasteiger partial charge >= 0.3 is 0 Å². The molecule has 0 spiro atoms. The third kappa shape index (κ3) is 27.3. The third-order valence-corrected chi connectivity index (χ3v) is 8.07. The zero-order chi connectivity index (χ0) is 29.5. The maximum absolute atomic E-state index is 12.3. The number of allylic oxidation sites excluding steroid dienone is 1. The van der Waals surface area contributed by atoms with Crippen molar-refractivity contribution in [3.05, 3.63) is 12.2 Å². The van der Waals surface area contributed by atoms with E-state index in [1.165, 1.54) is 128 Å². The number of hydrogen-bond donors (Lipinski definition) is 4. The molecule has 5 nitrogen and oxygen atoms in total. The molecule has 0 aromatic heterocycles. The van der Waals surface area contributed by atoms with Crippen molar-refractivity contribution in [3.8, 4) is 0 Å². The van der Waals surface area contributed by atoms with Crippen LogP contribution in [-0.2, 0) is 4.79 Å². The van der Waals surface area contributed by atoms with Crippen LogP contribution in [0, 0.1) is 0 Å². The van der Waals surface area contributed by atoms with E-state index in [9.17, 15) is 20.1 Å². The van der Waals surface area contributed by atoms with Crippen molar-refractivity contribution in [2.24, 2.45) is 0 Å². The molecule has 3 unspecified atom stereocenters. The Morgan fingerprint density at radius 2 is 1.02 bits per heavy atom. The second-order valence-electron chi connectivity index (χ2n) is 12.1. The summed E-state index contributed by atoms with van der Waals surface area (Å²) in [6.07, 6.45) is 33.3. The predicted octanol–water partition coefficient (Wildman–Crippen LogP) is 8.92. The van der Waals surface area contributed by atoms with Crippen LogP contribution >= 0.6 is 0 Å². The van der Waals surface area contributed by atoms with Gasteiger partial charge in [0.2, 0.25) is 5.91 Å². The Hall–Kier alpha value is -0.910. The van der Waals surface area contributed by atoms with Crippen LogP contribution in [0.3, 0.4) is 0 Å². The highest BCUT2D eigenvalue weighted by Gasteiger charge is 2.20. The molecular weight excluding hydrogens is 498 g/mol. The SMILES string of the molecule is CCCCCCCCCC/C=C/C(O)C(CO)NC(=O)CC(O)CCCCCCCCCCCCCCCCC. The molecule has 3 atom stereocenters. The molecule has 0 fully saturated rings. The van der Waals surface area contributed by atoms with E-state index in [-0.39, 0.29) is 18.9 Å². The van der Waals surface area contributed by atoms with Crippen molar-refractivity contribution in [2.45, 2.75) is 199 Å². The van der Waals surface area contributed by atoms with Gasteiger partial charge in [0, 0.05) is 0 Å². The highest BCUT2D eigenvalue weighted by atomic mass is 16.3. The normalized spacial score (nSPS) is 14.0. The molecule has 0 radical (unpaired) electrons. The molecular formula is C35H69NO4. The van der Waals surface area contributed by atoms with Crippen molar-refractivity contribution in [2.75, 3.05) is 6.61 Å². The smallest absolute Gasteiger partial charge is 0.222 e. The van der Waals surface area contributed by atoms with Crippen molar-refractivity contribution in [3.63, 3.8) is 0 Å². The maximum atomic E-state index is 12.3. The van der Waals surface area contributed by atoms with Crippen LogP contribution in [0.15, 0.2) is 12.2 Å². The summed E-state index contributed by atoms with van der Waals surface area (Å²) in [5, 5.41) is 32.9. The van der Waals surface area contributed by atoms with Gasteiger partial charge in [-0.3, -0.25) is 4.79 Å². The molecule has 0 heterocycles. The lowest BCUT2D eigenvalue weighted by atomic mass is 10.0. The topological polar surface area (TPSA) is 89.8 Å². The number of aliphatic hydroxyl groups is 3. The molecule has 0 aliphatic heterocycles. The lowest BCUT2D eigenvalue weighted by Gasteiger charge is -2.21. The van der Waals surface area contributed by atoms with Gasteiger partial charge in [-0.15, -0.1) is 0 Å². The lowest BCUT2D eigenvalue weighted by Crippen LogP contribution is -2.45. The van der Waals surface area contributed by atoms with Crippen molar-refractivity contribution in [1.29, 1.82) is 0 Å². The molecule has 238 valence electrons. The van der Waals surface area contributed by atoms with E-state index in [1.54, 1.807) is 6.08 Å². The van der Waals surface area contributed by atoms with Gasteiger partial charge in [0.25, 0.3) is 0 Å². The fraction of sp³-hybridized carbons (Fsp3) is 0.914. The molecule has 0 aliphatic carbocycles. The van der Waals surface area contributed by atoms with E-state index in [1.807, 2.05) is 6.08 Å². The summed E-state index contributed by atoms with van der Waals surface area (Å²) in [5.74, 6) is -0.317. The zero-order valence-electron chi connectivity index (χ0n) is 26.7. The van der Waals surface area contributed by atoms with Gasteiger partial charge < -0.3 is 20.6 Å². The molecule has 0 aromatic rings. The van der Waals surface area contributed by atoms with E-state index < -0.39 is 18.2 Å². The number of unbranched alkanes of at least 4 members (excludes halogenated alkanes) is 22. The Kier molecular flexibility index (Phi) is 30.3. The quantitative estimate of drug-likeness (QED) is 0.0497. The number of carbonyl (C=O) groups is 1. The molecule has 4 N–H and O–H groups in total. The average Bonchev–Trinajstić information content (AvgIpc) is 2.94. The van der Waals surface area contributed by atoms with Crippen molar-refractivity contribution < 1.29 is 20.1 Å². The Morgan fingerprint density at radius 3 is 1.45 bits per heavy atom. The second-order valence-corrected chi connectivity index (χ2v) is 12.1. The molecule has 0 saturated heterocycles. The van der Waals surface area contributed by atoms with Crippen LogP contribution < -0.4 is 5.32 Å². The van der Waals surface area contributed by atoms with Crippen LogP contribution in [0.2, 0.25) is 0 Å². The van der Waals surface area contributed by atoms with Gasteiger partial charge in [-0.1, -0.05) is 167 Å².